The van der Waals surface area contributed by atoms with Gasteiger partial charge in [-0.1, -0.05) is 11.6 Å². The number of anilines is 2. The number of carbonyl (C=O) groups excluding carboxylic acids is 2. The van der Waals surface area contributed by atoms with E-state index in [9.17, 15) is 19.2 Å². The topological polar surface area (TPSA) is 133 Å². The zero-order valence-corrected chi connectivity index (χ0v) is 9.89. The van der Waals surface area contributed by atoms with Crippen molar-refractivity contribution in [1.82, 2.24) is 0 Å². The highest BCUT2D eigenvalue weighted by Gasteiger charge is 2.15. The highest BCUT2D eigenvalue weighted by Crippen LogP contribution is 2.25. The van der Waals surface area contributed by atoms with Gasteiger partial charge >= 0.3 is 23.8 Å². The monoisotopic (exact) mass is 286 g/mol. The molecule has 100 valence electrons. The molecule has 19 heavy (non-hydrogen) atoms. The number of hydrogen-bond donors (Lipinski definition) is 4. The molecule has 1 aromatic carbocycles. The molecular weight excluding hydrogens is 280 g/mol. The van der Waals surface area contributed by atoms with E-state index in [1.54, 1.807) is 0 Å². The summed E-state index contributed by atoms with van der Waals surface area (Å²) in [4.78, 5) is 42.6. The van der Waals surface area contributed by atoms with Crippen LogP contribution in [0, 0.1) is 0 Å². The molecule has 2 amide bonds. The van der Waals surface area contributed by atoms with Gasteiger partial charge in [-0.15, -0.1) is 0 Å². The predicted octanol–water partition coefficient (Wildman–Crippen LogP) is 0.386. The molecule has 0 aliphatic rings. The molecule has 0 aromatic heterocycles. The predicted molar refractivity (Wildman–Crippen MR) is 64.0 cm³/mol. The number of nitrogens with one attached hydrogen (secondary N) is 2. The van der Waals surface area contributed by atoms with Crippen LogP contribution in [-0.2, 0) is 19.2 Å². The molecule has 0 saturated carbocycles. The molecule has 0 radical (unpaired) electrons. The van der Waals surface area contributed by atoms with E-state index in [4.69, 9.17) is 21.8 Å². The van der Waals surface area contributed by atoms with E-state index in [-0.39, 0.29) is 16.4 Å². The Morgan fingerprint density at radius 1 is 0.947 bits per heavy atom. The van der Waals surface area contributed by atoms with Gasteiger partial charge < -0.3 is 20.8 Å². The molecule has 9 heteroatoms. The zero-order valence-electron chi connectivity index (χ0n) is 9.14. The number of carbonyl (C=O) groups is 4. The molecule has 0 atom stereocenters. The summed E-state index contributed by atoms with van der Waals surface area (Å²) in [5.74, 6) is -6.00. The first-order valence-electron chi connectivity index (χ1n) is 4.69. The molecular formula is C10H7ClN2O6. The molecule has 0 bridgehead atoms. The van der Waals surface area contributed by atoms with E-state index >= 15 is 0 Å². The minimum Gasteiger partial charge on any atom is -0.474 e. The second kappa shape index (κ2) is 5.83. The Labute approximate surface area is 111 Å². The number of halogens is 1. The van der Waals surface area contributed by atoms with Crippen LogP contribution in [0.1, 0.15) is 0 Å². The minimum absolute atomic E-state index is 0.0305. The molecule has 0 unspecified atom stereocenters. The Morgan fingerprint density at radius 2 is 1.47 bits per heavy atom. The highest BCUT2D eigenvalue weighted by molar-refractivity contribution is 6.39. The first kappa shape index (κ1) is 14.5. The van der Waals surface area contributed by atoms with Crippen molar-refractivity contribution in [3.63, 3.8) is 0 Å². The SMILES string of the molecule is O=C(O)C(=O)Nc1ccc(Cl)c(NC(=O)C(=O)O)c1. The van der Waals surface area contributed by atoms with Crippen LogP contribution in [0.25, 0.3) is 0 Å². The van der Waals surface area contributed by atoms with Gasteiger partial charge in [0.2, 0.25) is 0 Å². The number of aliphatic carboxylic acids is 2. The van der Waals surface area contributed by atoms with Gasteiger partial charge in [0.1, 0.15) is 0 Å². The molecule has 0 saturated heterocycles. The third kappa shape index (κ3) is 3.96. The summed E-state index contributed by atoms with van der Waals surface area (Å²) in [6.07, 6.45) is 0. The molecule has 0 aliphatic heterocycles. The van der Waals surface area contributed by atoms with Crippen LogP contribution >= 0.6 is 11.6 Å². The maximum Gasteiger partial charge on any atom is 0.394 e. The first-order valence-corrected chi connectivity index (χ1v) is 5.07. The largest absolute Gasteiger partial charge is 0.474 e. The van der Waals surface area contributed by atoms with Gasteiger partial charge in [-0.2, -0.15) is 0 Å². The Hall–Kier alpha value is -2.61. The average molecular weight is 287 g/mol. The quantitative estimate of drug-likeness (QED) is 0.581. The Balaban J connectivity index is 2.94. The lowest BCUT2D eigenvalue weighted by molar-refractivity contribution is -0.147. The lowest BCUT2D eigenvalue weighted by Gasteiger charge is -2.08. The van der Waals surface area contributed by atoms with Crippen LogP contribution in [0.2, 0.25) is 5.02 Å². The zero-order chi connectivity index (χ0) is 14.6. The summed E-state index contributed by atoms with van der Waals surface area (Å²) in [5, 5.41) is 20.8. The van der Waals surface area contributed by atoms with Gasteiger partial charge in [0.15, 0.2) is 0 Å². The molecule has 0 aliphatic carbocycles. The third-order valence-corrected chi connectivity index (χ3v) is 2.19. The van der Waals surface area contributed by atoms with Crippen LogP contribution < -0.4 is 10.6 Å². The number of carboxylic acids is 2. The van der Waals surface area contributed by atoms with Crippen molar-refractivity contribution in [3.8, 4) is 0 Å². The van der Waals surface area contributed by atoms with E-state index in [0.717, 1.165) is 6.07 Å². The van der Waals surface area contributed by atoms with Gasteiger partial charge in [0, 0.05) is 5.69 Å². The lowest BCUT2D eigenvalue weighted by atomic mass is 10.2. The summed E-state index contributed by atoms with van der Waals surface area (Å²) in [6.45, 7) is 0. The van der Waals surface area contributed by atoms with Crippen molar-refractivity contribution >= 4 is 46.7 Å². The van der Waals surface area contributed by atoms with E-state index in [2.05, 4.69) is 0 Å². The minimum atomic E-state index is -1.71. The van der Waals surface area contributed by atoms with Crippen molar-refractivity contribution in [1.29, 1.82) is 0 Å². The number of rotatable bonds is 2. The summed E-state index contributed by atoms with van der Waals surface area (Å²) in [7, 11) is 0. The molecule has 0 fully saturated rings. The highest BCUT2D eigenvalue weighted by atomic mass is 35.5. The van der Waals surface area contributed by atoms with Gasteiger partial charge in [-0.05, 0) is 18.2 Å². The fourth-order valence-electron chi connectivity index (χ4n) is 1.06. The smallest absolute Gasteiger partial charge is 0.394 e. The number of hydrogen-bond acceptors (Lipinski definition) is 4. The van der Waals surface area contributed by atoms with Crippen molar-refractivity contribution < 1.29 is 29.4 Å². The van der Waals surface area contributed by atoms with Crippen molar-refractivity contribution in [2.75, 3.05) is 10.6 Å². The van der Waals surface area contributed by atoms with Gasteiger partial charge in [-0.25, -0.2) is 9.59 Å². The first-order chi connectivity index (χ1) is 8.81. The normalized spacial score (nSPS) is 9.53. The number of amides is 2. The molecule has 1 rings (SSSR count). The fraction of sp³-hybridized carbons (Fsp3) is 0. The van der Waals surface area contributed by atoms with Crippen LogP contribution in [-0.4, -0.2) is 34.0 Å². The molecule has 0 heterocycles. The van der Waals surface area contributed by atoms with Crippen LogP contribution in [0.15, 0.2) is 18.2 Å². The Bertz CT molecular complexity index is 571. The van der Waals surface area contributed by atoms with Crippen LogP contribution in [0.4, 0.5) is 11.4 Å². The van der Waals surface area contributed by atoms with Gasteiger partial charge in [-0.3, -0.25) is 9.59 Å². The van der Waals surface area contributed by atoms with Crippen molar-refractivity contribution in [2.24, 2.45) is 0 Å². The average Bonchev–Trinajstić information content (AvgIpc) is 2.32. The second-order valence-corrected chi connectivity index (χ2v) is 3.62. The Kier molecular flexibility index (Phi) is 4.43. The molecule has 8 nitrogen and oxygen atoms in total. The standard InChI is InChI=1S/C10H7ClN2O6/c11-5-2-1-4(12-7(14)9(16)17)3-6(5)13-8(15)10(18)19/h1-3H,(H,12,14)(H,13,15)(H,16,17)(H,18,19). The summed E-state index contributed by atoms with van der Waals surface area (Å²) < 4.78 is 0. The summed E-state index contributed by atoms with van der Waals surface area (Å²) in [6, 6.07) is 3.68. The number of benzene rings is 1. The van der Waals surface area contributed by atoms with Gasteiger partial charge in [0.05, 0.1) is 10.7 Å². The van der Waals surface area contributed by atoms with Crippen LogP contribution in [0.3, 0.4) is 0 Å². The number of carboxylic acid groups (broad SMARTS) is 2. The van der Waals surface area contributed by atoms with E-state index in [1.165, 1.54) is 12.1 Å². The van der Waals surface area contributed by atoms with E-state index in [0.29, 0.717) is 0 Å². The van der Waals surface area contributed by atoms with Gasteiger partial charge in [0.25, 0.3) is 0 Å². The van der Waals surface area contributed by atoms with Crippen molar-refractivity contribution in [3.05, 3.63) is 23.2 Å². The van der Waals surface area contributed by atoms with Crippen molar-refractivity contribution in [2.45, 2.75) is 0 Å². The van der Waals surface area contributed by atoms with E-state index in [1.807, 2.05) is 10.6 Å². The lowest BCUT2D eigenvalue weighted by Crippen LogP contribution is -2.23. The maximum atomic E-state index is 11.0. The van der Waals surface area contributed by atoms with E-state index < -0.39 is 23.8 Å². The molecule has 0 spiro atoms. The van der Waals surface area contributed by atoms with Crippen LogP contribution in [0.5, 0.6) is 0 Å². The Morgan fingerprint density at radius 3 is 2.00 bits per heavy atom. The second-order valence-electron chi connectivity index (χ2n) is 3.21. The molecule has 4 N–H and O–H groups in total. The third-order valence-electron chi connectivity index (χ3n) is 1.86. The maximum absolute atomic E-state index is 11.0. The fourth-order valence-corrected chi connectivity index (χ4v) is 1.22. The summed E-state index contributed by atoms with van der Waals surface area (Å²) in [5.41, 5.74) is -0.0326. The molecule has 1 aromatic rings. The summed E-state index contributed by atoms with van der Waals surface area (Å²) >= 11 is 5.71.